The van der Waals surface area contributed by atoms with Crippen molar-refractivity contribution in [2.75, 3.05) is 26.2 Å². The third-order valence-corrected chi connectivity index (χ3v) is 3.56. The molecule has 0 amide bonds. The predicted molar refractivity (Wildman–Crippen MR) is 81.3 cm³/mol. The summed E-state index contributed by atoms with van der Waals surface area (Å²) in [6.45, 7) is 2.19. The summed E-state index contributed by atoms with van der Waals surface area (Å²) in [4.78, 5) is 9.68. The lowest BCUT2D eigenvalue weighted by molar-refractivity contribution is -0.141. The molecule has 1 aliphatic rings. The highest BCUT2D eigenvalue weighted by Crippen LogP contribution is 2.28. The number of pyridine rings is 1. The molecular formula is C15H21F3N4O. The van der Waals surface area contributed by atoms with E-state index in [1.807, 2.05) is 4.90 Å². The van der Waals surface area contributed by atoms with Crippen molar-refractivity contribution in [3.8, 4) is 5.88 Å². The average Bonchev–Trinajstić information content (AvgIpc) is 2.80. The topological polar surface area (TPSA) is 63.7 Å². The van der Waals surface area contributed by atoms with E-state index in [0.29, 0.717) is 5.96 Å². The number of aromatic nitrogens is 1. The van der Waals surface area contributed by atoms with Crippen LogP contribution in [0.1, 0.15) is 31.4 Å². The molecule has 2 N–H and O–H groups in total. The summed E-state index contributed by atoms with van der Waals surface area (Å²) in [6, 6.07) is 3.56. The quantitative estimate of drug-likeness (QED) is 0.524. The number of rotatable bonds is 4. The van der Waals surface area contributed by atoms with E-state index >= 15 is 0 Å². The van der Waals surface area contributed by atoms with E-state index in [2.05, 4.69) is 9.98 Å². The van der Waals surface area contributed by atoms with Gasteiger partial charge in [-0.05, 0) is 18.9 Å². The SMILES string of the molecule is NC(=NCCOc1cccc(C(F)(F)F)n1)N1CCCCCC1. The molecule has 0 spiro atoms. The van der Waals surface area contributed by atoms with Crippen LogP contribution in [0.4, 0.5) is 13.2 Å². The first-order valence-corrected chi connectivity index (χ1v) is 7.69. The zero-order valence-corrected chi connectivity index (χ0v) is 12.9. The summed E-state index contributed by atoms with van der Waals surface area (Å²) >= 11 is 0. The van der Waals surface area contributed by atoms with Crippen molar-refractivity contribution in [2.45, 2.75) is 31.9 Å². The standard InChI is InChI=1S/C15H21F3N4O/c16-15(17,18)12-6-5-7-13(21-12)23-11-8-20-14(19)22-9-3-1-2-4-10-22/h5-7H,1-4,8-11H2,(H2,19,20). The number of ether oxygens (including phenoxy) is 1. The molecule has 1 aromatic heterocycles. The zero-order chi connectivity index (χ0) is 16.7. The van der Waals surface area contributed by atoms with Gasteiger partial charge in [0.05, 0.1) is 6.54 Å². The summed E-state index contributed by atoms with van der Waals surface area (Å²) in [5.41, 5.74) is 4.96. The van der Waals surface area contributed by atoms with Crippen molar-refractivity contribution in [2.24, 2.45) is 10.7 Å². The van der Waals surface area contributed by atoms with E-state index in [9.17, 15) is 13.2 Å². The first kappa shape index (κ1) is 17.4. The molecule has 2 heterocycles. The maximum atomic E-state index is 12.5. The third-order valence-electron chi connectivity index (χ3n) is 3.56. The van der Waals surface area contributed by atoms with E-state index in [1.54, 1.807) is 0 Å². The van der Waals surface area contributed by atoms with Gasteiger partial charge >= 0.3 is 6.18 Å². The van der Waals surface area contributed by atoms with Crippen molar-refractivity contribution in [3.63, 3.8) is 0 Å². The smallest absolute Gasteiger partial charge is 0.433 e. The van der Waals surface area contributed by atoms with Crippen LogP contribution in [0.5, 0.6) is 5.88 Å². The van der Waals surface area contributed by atoms with Gasteiger partial charge in [-0.2, -0.15) is 13.2 Å². The second-order valence-electron chi connectivity index (χ2n) is 5.35. The fraction of sp³-hybridized carbons (Fsp3) is 0.600. The molecule has 0 saturated carbocycles. The molecule has 1 aliphatic heterocycles. The van der Waals surface area contributed by atoms with Gasteiger partial charge in [-0.1, -0.05) is 18.9 Å². The lowest BCUT2D eigenvalue weighted by Crippen LogP contribution is -2.38. The Morgan fingerprint density at radius 3 is 2.57 bits per heavy atom. The molecule has 2 rings (SSSR count). The molecule has 8 heteroatoms. The number of guanidine groups is 1. The lowest BCUT2D eigenvalue weighted by atomic mass is 10.2. The number of hydrogen-bond acceptors (Lipinski definition) is 3. The Labute approximate surface area is 133 Å². The summed E-state index contributed by atoms with van der Waals surface area (Å²) in [5.74, 6) is 0.399. The van der Waals surface area contributed by atoms with Crippen LogP contribution in [0.2, 0.25) is 0 Å². The van der Waals surface area contributed by atoms with Crippen molar-refractivity contribution >= 4 is 5.96 Å². The van der Waals surface area contributed by atoms with Crippen LogP contribution in [-0.4, -0.2) is 42.1 Å². The molecule has 0 aromatic carbocycles. The molecule has 1 fully saturated rings. The van der Waals surface area contributed by atoms with Crippen LogP contribution in [-0.2, 0) is 6.18 Å². The Hall–Kier alpha value is -1.99. The molecule has 0 aliphatic carbocycles. The van der Waals surface area contributed by atoms with Crippen LogP contribution in [0.3, 0.4) is 0 Å². The molecular weight excluding hydrogens is 309 g/mol. The molecule has 128 valence electrons. The van der Waals surface area contributed by atoms with Crippen LogP contribution < -0.4 is 10.5 Å². The van der Waals surface area contributed by atoms with Crippen molar-refractivity contribution in [1.82, 2.24) is 9.88 Å². The fourth-order valence-electron chi connectivity index (χ4n) is 2.36. The van der Waals surface area contributed by atoms with E-state index in [4.69, 9.17) is 10.5 Å². The second kappa shape index (κ2) is 8.03. The van der Waals surface area contributed by atoms with Gasteiger partial charge in [-0.3, -0.25) is 0 Å². The van der Waals surface area contributed by atoms with Crippen LogP contribution >= 0.6 is 0 Å². The zero-order valence-electron chi connectivity index (χ0n) is 12.9. The first-order valence-electron chi connectivity index (χ1n) is 7.69. The minimum atomic E-state index is -4.48. The third kappa shape index (κ3) is 5.61. The van der Waals surface area contributed by atoms with Gasteiger partial charge in [0.15, 0.2) is 5.96 Å². The van der Waals surface area contributed by atoms with Crippen LogP contribution in [0, 0.1) is 0 Å². The molecule has 1 aromatic rings. The maximum Gasteiger partial charge on any atom is 0.433 e. The number of nitrogens with zero attached hydrogens (tertiary/aromatic N) is 3. The molecule has 23 heavy (non-hydrogen) atoms. The summed E-state index contributed by atoms with van der Waals surface area (Å²) in [5, 5.41) is 0. The average molecular weight is 330 g/mol. The number of nitrogens with two attached hydrogens (primary N) is 1. The van der Waals surface area contributed by atoms with Crippen LogP contribution in [0.25, 0.3) is 0 Å². The van der Waals surface area contributed by atoms with E-state index in [-0.39, 0.29) is 19.0 Å². The van der Waals surface area contributed by atoms with Gasteiger partial charge < -0.3 is 15.4 Å². The van der Waals surface area contributed by atoms with Gasteiger partial charge in [0.25, 0.3) is 0 Å². The molecule has 5 nitrogen and oxygen atoms in total. The number of halogens is 3. The van der Waals surface area contributed by atoms with E-state index in [1.165, 1.54) is 25.0 Å². The minimum Gasteiger partial charge on any atom is -0.476 e. The Kier molecular flexibility index (Phi) is 6.06. The lowest BCUT2D eigenvalue weighted by Gasteiger charge is -2.21. The summed E-state index contributed by atoms with van der Waals surface area (Å²) in [7, 11) is 0. The van der Waals surface area contributed by atoms with Gasteiger partial charge in [0.1, 0.15) is 12.3 Å². The molecule has 0 bridgehead atoms. The van der Waals surface area contributed by atoms with Gasteiger partial charge in [-0.15, -0.1) is 0 Å². The highest BCUT2D eigenvalue weighted by molar-refractivity contribution is 5.78. The number of aliphatic imine (C=N–C) groups is 1. The van der Waals surface area contributed by atoms with E-state index < -0.39 is 11.9 Å². The second-order valence-corrected chi connectivity index (χ2v) is 5.35. The largest absolute Gasteiger partial charge is 0.476 e. The van der Waals surface area contributed by atoms with Gasteiger partial charge in [0.2, 0.25) is 5.88 Å². The first-order chi connectivity index (χ1) is 11.0. The van der Waals surface area contributed by atoms with Gasteiger partial charge in [-0.25, -0.2) is 9.98 Å². The Balaban J connectivity index is 1.81. The molecule has 1 saturated heterocycles. The Morgan fingerprint density at radius 2 is 1.91 bits per heavy atom. The Morgan fingerprint density at radius 1 is 1.22 bits per heavy atom. The minimum absolute atomic E-state index is 0.0663. The highest BCUT2D eigenvalue weighted by Gasteiger charge is 2.32. The molecule has 0 unspecified atom stereocenters. The number of hydrogen-bond donors (Lipinski definition) is 1. The predicted octanol–water partition coefficient (Wildman–Crippen LogP) is 2.67. The molecule has 0 radical (unpaired) electrons. The van der Waals surface area contributed by atoms with Crippen LogP contribution in [0.15, 0.2) is 23.2 Å². The number of likely N-dealkylation sites (tertiary alicyclic amines) is 1. The Bertz CT molecular complexity index is 526. The molecule has 0 atom stereocenters. The fourth-order valence-corrected chi connectivity index (χ4v) is 2.36. The van der Waals surface area contributed by atoms with Crippen molar-refractivity contribution in [1.29, 1.82) is 0 Å². The van der Waals surface area contributed by atoms with Crippen molar-refractivity contribution < 1.29 is 17.9 Å². The highest BCUT2D eigenvalue weighted by atomic mass is 19.4. The monoisotopic (exact) mass is 330 g/mol. The normalized spacial score (nSPS) is 17.0. The van der Waals surface area contributed by atoms with E-state index in [0.717, 1.165) is 32.0 Å². The summed E-state index contributed by atoms with van der Waals surface area (Å²) < 4.78 is 42.8. The summed E-state index contributed by atoms with van der Waals surface area (Å²) in [6.07, 6.45) is 0.124. The van der Waals surface area contributed by atoms with Crippen molar-refractivity contribution in [3.05, 3.63) is 23.9 Å². The number of alkyl halides is 3. The maximum absolute atomic E-state index is 12.5. The van der Waals surface area contributed by atoms with Gasteiger partial charge in [0, 0.05) is 19.2 Å².